The predicted octanol–water partition coefficient (Wildman–Crippen LogP) is 2.87. The van der Waals surface area contributed by atoms with E-state index >= 15 is 0 Å². The summed E-state index contributed by atoms with van der Waals surface area (Å²) in [6, 6.07) is 6.96. The van der Waals surface area contributed by atoms with Gasteiger partial charge in [0.25, 0.3) is 5.91 Å². The van der Waals surface area contributed by atoms with Crippen LogP contribution < -0.4 is 10.6 Å². The molecule has 2 N–H and O–H groups in total. The van der Waals surface area contributed by atoms with Crippen LogP contribution in [-0.4, -0.2) is 35.0 Å². The van der Waals surface area contributed by atoms with Crippen LogP contribution in [0, 0.1) is 0 Å². The maximum Gasteiger partial charge on any atom is 0.337 e. The molecule has 0 atom stereocenters. The van der Waals surface area contributed by atoms with Crippen LogP contribution >= 0.6 is 0 Å². The molecule has 0 bridgehead atoms. The number of amides is 1. The minimum absolute atomic E-state index is 0.209. The molecule has 1 fully saturated rings. The zero-order valence-corrected chi connectivity index (χ0v) is 14.0. The highest BCUT2D eigenvalue weighted by Gasteiger charge is 2.16. The van der Waals surface area contributed by atoms with Crippen molar-refractivity contribution < 1.29 is 14.3 Å². The van der Waals surface area contributed by atoms with Crippen molar-refractivity contribution in [2.24, 2.45) is 0 Å². The number of nitrogens with one attached hydrogen (secondary N) is 2. The van der Waals surface area contributed by atoms with E-state index in [1.54, 1.807) is 30.5 Å². The first-order valence-corrected chi connectivity index (χ1v) is 8.24. The summed E-state index contributed by atoms with van der Waals surface area (Å²) >= 11 is 0. The van der Waals surface area contributed by atoms with E-state index in [1.807, 2.05) is 0 Å². The molecule has 130 valence electrons. The summed E-state index contributed by atoms with van der Waals surface area (Å²) in [6.07, 6.45) is 7.75. The number of carbonyl (C=O) groups is 2. The van der Waals surface area contributed by atoms with Crippen molar-refractivity contribution in [1.82, 2.24) is 9.97 Å². The molecule has 25 heavy (non-hydrogen) atoms. The Morgan fingerprint density at radius 3 is 2.64 bits per heavy atom. The molecule has 1 aliphatic rings. The molecule has 1 aliphatic carbocycles. The van der Waals surface area contributed by atoms with Gasteiger partial charge in [0.15, 0.2) is 0 Å². The van der Waals surface area contributed by atoms with Gasteiger partial charge in [0, 0.05) is 11.7 Å². The molecule has 1 aromatic carbocycles. The van der Waals surface area contributed by atoms with E-state index < -0.39 is 5.97 Å². The number of anilines is 2. The Bertz CT molecular complexity index is 755. The van der Waals surface area contributed by atoms with Gasteiger partial charge in [-0.2, -0.15) is 0 Å². The van der Waals surface area contributed by atoms with Crippen molar-refractivity contribution in [3.63, 3.8) is 0 Å². The zero-order valence-electron chi connectivity index (χ0n) is 14.0. The maximum absolute atomic E-state index is 12.3. The van der Waals surface area contributed by atoms with Gasteiger partial charge in [-0.05, 0) is 31.0 Å². The third-order valence-corrected chi connectivity index (χ3v) is 4.13. The second kappa shape index (κ2) is 7.74. The van der Waals surface area contributed by atoms with E-state index in [9.17, 15) is 9.59 Å². The highest BCUT2D eigenvalue weighted by Crippen LogP contribution is 2.21. The topological polar surface area (TPSA) is 93.2 Å². The van der Waals surface area contributed by atoms with E-state index in [4.69, 9.17) is 0 Å². The van der Waals surface area contributed by atoms with Crippen molar-refractivity contribution in [3.05, 3.63) is 47.9 Å². The predicted molar refractivity (Wildman–Crippen MR) is 93.6 cm³/mol. The summed E-state index contributed by atoms with van der Waals surface area (Å²) in [5.41, 5.74) is 1.06. The number of hydrogen-bond acceptors (Lipinski definition) is 6. The average Bonchev–Trinajstić information content (AvgIpc) is 3.15. The minimum atomic E-state index is -0.460. The lowest BCUT2D eigenvalue weighted by Crippen LogP contribution is -2.18. The van der Waals surface area contributed by atoms with Gasteiger partial charge in [-0.25, -0.2) is 14.8 Å². The Labute approximate surface area is 145 Å². The summed E-state index contributed by atoms with van der Waals surface area (Å²) < 4.78 is 4.67. The lowest BCUT2D eigenvalue weighted by atomic mass is 10.2. The van der Waals surface area contributed by atoms with Crippen molar-refractivity contribution in [2.45, 2.75) is 31.7 Å². The van der Waals surface area contributed by atoms with Gasteiger partial charge in [0.2, 0.25) is 0 Å². The van der Waals surface area contributed by atoms with Crippen molar-refractivity contribution in [1.29, 1.82) is 0 Å². The fraction of sp³-hybridized carbons (Fsp3) is 0.333. The third-order valence-electron chi connectivity index (χ3n) is 4.13. The highest BCUT2D eigenvalue weighted by molar-refractivity contribution is 6.03. The molecule has 7 heteroatoms. The molecule has 0 radical (unpaired) electrons. The Balaban J connectivity index is 1.63. The molecule has 1 saturated carbocycles. The molecule has 1 amide bonds. The van der Waals surface area contributed by atoms with E-state index in [0.29, 0.717) is 23.1 Å². The smallest absolute Gasteiger partial charge is 0.337 e. The van der Waals surface area contributed by atoms with Crippen LogP contribution in [0.4, 0.5) is 11.5 Å². The lowest BCUT2D eigenvalue weighted by molar-refractivity contribution is 0.0600. The monoisotopic (exact) mass is 340 g/mol. The number of carbonyl (C=O) groups excluding carboxylic acids is 2. The second-order valence-electron chi connectivity index (χ2n) is 5.94. The van der Waals surface area contributed by atoms with Crippen molar-refractivity contribution >= 4 is 23.4 Å². The molecule has 0 unspecified atom stereocenters. The fourth-order valence-electron chi connectivity index (χ4n) is 2.84. The summed E-state index contributed by atoms with van der Waals surface area (Å²) in [5, 5.41) is 6.03. The van der Waals surface area contributed by atoms with Crippen LogP contribution in [0.5, 0.6) is 0 Å². The van der Waals surface area contributed by atoms with E-state index in [-0.39, 0.29) is 11.6 Å². The fourth-order valence-corrected chi connectivity index (χ4v) is 2.84. The molecule has 3 rings (SSSR count). The van der Waals surface area contributed by atoms with Crippen molar-refractivity contribution in [3.8, 4) is 0 Å². The number of ether oxygens (including phenoxy) is 1. The SMILES string of the molecule is COC(=O)c1cccc(NC(=O)c2cnc(NC3CCCC3)cn2)c1. The Morgan fingerprint density at radius 2 is 1.96 bits per heavy atom. The standard InChI is InChI=1S/C18H20N4O3/c1-25-18(24)12-5-4-8-14(9-12)22-17(23)15-10-20-16(11-19-15)21-13-6-2-3-7-13/h4-5,8-11,13H,2-3,6-7H2,1H3,(H,20,21)(H,22,23). The first kappa shape index (κ1) is 16.9. The number of rotatable bonds is 5. The van der Waals surface area contributed by atoms with E-state index in [0.717, 1.165) is 12.8 Å². The number of aromatic nitrogens is 2. The largest absolute Gasteiger partial charge is 0.465 e. The summed E-state index contributed by atoms with van der Waals surface area (Å²) in [5.74, 6) is -0.170. The first-order valence-electron chi connectivity index (χ1n) is 8.24. The van der Waals surface area contributed by atoms with Gasteiger partial charge < -0.3 is 15.4 Å². The molecule has 0 aliphatic heterocycles. The summed E-state index contributed by atoms with van der Waals surface area (Å²) in [4.78, 5) is 32.2. The molecular formula is C18H20N4O3. The molecule has 0 saturated heterocycles. The van der Waals surface area contributed by atoms with Crippen LogP contribution in [0.15, 0.2) is 36.7 Å². The molecular weight excluding hydrogens is 320 g/mol. The third kappa shape index (κ3) is 4.32. The average molecular weight is 340 g/mol. The normalized spacial score (nSPS) is 14.1. The number of nitrogens with zero attached hydrogens (tertiary/aromatic N) is 2. The molecule has 1 aromatic heterocycles. The van der Waals surface area contributed by atoms with Crippen LogP contribution in [0.2, 0.25) is 0 Å². The Morgan fingerprint density at radius 1 is 1.16 bits per heavy atom. The maximum atomic E-state index is 12.3. The number of esters is 1. The number of methoxy groups -OCH3 is 1. The van der Waals surface area contributed by atoms with Crippen molar-refractivity contribution in [2.75, 3.05) is 17.7 Å². The summed E-state index contributed by atoms with van der Waals surface area (Å²) in [7, 11) is 1.31. The lowest BCUT2D eigenvalue weighted by Gasteiger charge is -2.12. The van der Waals surface area contributed by atoms with Gasteiger partial charge >= 0.3 is 5.97 Å². The van der Waals surface area contributed by atoms with E-state index in [1.165, 1.54) is 26.1 Å². The van der Waals surface area contributed by atoms with Gasteiger partial charge in [0.1, 0.15) is 11.5 Å². The minimum Gasteiger partial charge on any atom is -0.465 e. The van der Waals surface area contributed by atoms with Crippen LogP contribution in [0.3, 0.4) is 0 Å². The van der Waals surface area contributed by atoms with Crippen LogP contribution in [0.1, 0.15) is 46.5 Å². The van der Waals surface area contributed by atoms with Crippen LogP contribution in [0.25, 0.3) is 0 Å². The molecule has 2 aromatic rings. The molecule has 7 nitrogen and oxygen atoms in total. The number of benzene rings is 1. The van der Waals surface area contributed by atoms with Crippen LogP contribution in [-0.2, 0) is 4.74 Å². The van der Waals surface area contributed by atoms with Gasteiger partial charge in [-0.1, -0.05) is 18.9 Å². The van der Waals surface area contributed by atoms with Gasteiger partial charge in [0.05, 0.1) is 25.1 Å². The number of hydrogen-bond donors (Lipinski definition) is 2. The van der Waals surface area contributed by atoms with Gasteiger partial charge in [-0.15, -0.1) is 0 Å². The van der Waals surface area contributed by atoms with E-state index in [2.05, 4.69) is 25.3 Å². The zero-order chi connectivity index (χ0) is 17.6. The highest BCUT2D eigenvalue weighted by atomic mass is 16.5. The molecule has 1 heterocycles. The quantitative estimate of drug-likeness (QED) is 0.813. The molecule has 0 spiro atoms. The summed E-state index contributed by atoms with van der Waals surface area (Å²) in [6.45, 7) is 0. The Kier molecular flexibility index (Phi) is 5.23. The first-order chi connectivity index (χ1) is 12.2. The van der Waals surface area contributed by atoms with Gasteiger partial charge in [-0.3, -0.25) is 4.79 Å². The second-order valence-corrected chi connectivity index (χ2v) is 5.94. The Hall–Kier alpha value is -2.96.